The zero-order valence-corrected chi connectivity index (χ0v) is 17.0. The van der Waals surface area contributed by atoms with E-state index >= 15 is 0 Å². The van der Waals surface area contributed by atoms with E-state index < -0.39 is 0 Å². The standard InChI is InChI=1S/C24H31NO3/c1-3-27-21-14-12-20(13-15-21)23-10-7-16-25(23)24(26)11-4-5-17-28-22-9-6-8-19(2)18-22/h6,8-9,12-15,18,23H,3-5,7,10-11,16-17H2,1-2H3. The van der Waals surface area contributed by atoms with Crippen molar-refractivity contribution in [3.05, 3.63) is 59.7 Å². The molecule has 0 aromatic heterocycles. The van der Waals surface area contributed by atoms with Crippen molar-refractivity contribution in [3.63, 3.8) is 0 Å². The first kappa shape index (κ1) is 20.2. The van der Waals surface area contributed by atoms with E-state index in [0.717, 1.165) is 43.7 Å². The van der Waals surface area contributed by atoms with Crippen molar-refractivity contribution in [1.29, 1.82) is 0 Å². The normalized spacial score (nSPS) is 16.2. The first-order chi connectivity index (χ1) is 13.7. The minimum Gasteiger partial charge on any atom is -0.494 e. The molecule has 0 radical (unpaired) electrons. The van der Waals surface area contributed by atoms with E-state index in [4.69, 9.17) is 9.47 Å². The van der Waals surface area contributed by atoms with Gasteiger partial charge in [0.1, 0.15) is 11.5 Å². The first-order valence-corrected chi connectivity index (χ1v) is 10.4. The number of benzene rings is 2. The smallest absolute Gasteiger partial charge is 0.223 e. The van der Waals surface area contributed by atoms with Crippen molar-refractivity contribution >= 4 is 5.91 Å². The van der Waals surface area contributed by atoms with E-state index in [1.54, 1.807) is 0 Å². The van der Waals surface area contributed by atoms with Gasteiger partial charge < -0.3 is 14.4 Å². The Balaban J connectivity index is 1.44. The predicted octanol–water partition coefficient (Wildman–Crippen LogP) is 5.31. The number of likely N-dealkylation sites (tertiary alicyclic amines) is 1. The fourth-order valence-electron chi connectivity index (χ4n) is 3.78. The van der Waals surface area contributed by atoms with Gasteiger partial charge in [-0.1, -0.05) is 24.3 Å². The molecule has 0 aliphatic carbocycles. The number of aryl methyl sites for hydroxylation is 1. The van der Waals surface area contributed by atoms with Crippen LogP contribution in [0.2, 0.25) is 0 Å². The number of carbonyl (C=O) groups is 1. The van der Waals surface area contributed by atoms with Gasteiger partial charge in [-0.25, -0.2) is 0 Å². The van der Waals surface area contributed by atoms with Gasteiger partial charge in [0.05, 0.1) is 19.3 Å². The van der Waals surface area contributed by atoms with Crippen LogP contribution in [0.1, 0.15) is 56.2 Å². The Bertz CT molecular complexity index is 757. The van der Waals surface area contributed by atoms with E-state index in [1.165, 1.54) is 11.1 Å². The molecule has 1 aliphatic heterocycles. The molecular weight excluding hydrogens is 350 g/mol. The monoisotopic (exact) mass is 381 g/mol. The van der Waals surface area contributed by atoms with Crippen LogP contribution >= 0.6 is 0 Å². The summed E-state index contributed by atoms with van der Waals surface area (Å²) in [4.78, 5) is 14.8. The number of hydrogen-bond acceptors (Lipinski definition) is 3. The van der Waals surface area contributed by atoms with E-state index in [-0.39, 0.29) is 11.9 Å². The highest BCUT2D eigenvalue weighted by molar-refractivity contribution is 5.77. The molecule has 3 rings (SSSR count). The summed E-state index contributed by atoms with van der Waals surface area (Å²) >= 11 is 0. The van der Waals surface area contributed by atoms with Crippen LogP contribution in [0.5, 0.6) is 11.5 Å². The van der Waals surface area contributed by atoms with Gasteiger partial charge in [-0.2, -0.15) is 0 Å². The van der Waals surface area contributed by atoms with Crippen molar-refractivity contribution in [1.82, 2.24) is 4.90 Å². The third-order valence-electron chi connectivity index (χ3n) is 5.19. The average molecular weight is 382 g/mol. The Labute approximate surface area is 168 Å². The lowest BCUT2D eigenvalue weighted by Gasteiger charge is -2.25. The number of nitrogens with zero attached hydrogens (tertiary/aromatic N) is 1. The summed E-state index contributed by atoms with van der Waals surface area (Å²) in [5.41, 5.74) is 2.40. The second-order valence-corrected chi connectivity index (χ2v) is 7.37. The molecule has 4 nitrogen and oxygen atoms in total. The van der Waals surface area contributed by atoms with Gasteiger partial charge in [0.15, 0.2) is 0 Å². The van der Waals surface area contributed by atoms with Crippen LogP contribution in [0.3, 0.4) is 0 Å². The van der Waals surface area contributed by atoms with Crippen LogP contribution < -0.4 is 9.47 Å². The van der Waals surface area contributed by atoms with Crippen LogP contribution in [-0.2, 0) is 4.79 Å². The van der Waals surface area contributed by atoms with Crippen LogP contribution in [0.15, 0.2) is 48.5 Å². The summed E-state index contributed by atoms with van der Waals surface area (Å²) < 4.78 is 11.3. The Morgan fingerprint density at radius 1 is 1.07 bits per heavy atom. The zero-order chi connectivity index (χ0) is 19.8. The molecule has 150 valence electrons. The zero-order valence-electron chi connectivity index (χ0n) is 17.0. The van der Waals surface area contributed by atoms with Crippen molar-refractivity contribution < 1.29 is 14.3 Å². The SMILES string of the molecule is CCOc1ccc(C2CCCN2C(=O)CCCCOc2cccc(C)c2)cc1. The molecule has 0 saturated carbocycles. The van der Waals surface area contributed by atoms with Crippen molar-refractivity contribution in [2.24, 2.45) is 0 Å². The average Bonchev–Trinajstić information content (AvgIpc) is 3.18. The lowest BCUT2D eigenvalue weighted by Crippen LogP contribution is -2.30. The van der Waals surface area contributed by atoms with Crippen LogP contribution in [0.25, 0.3) is 0 Å². The number of unbranched alkanes of at least 4 members (excludes halogenated alkanes) is 1. The van der Waals surface area contributed by atoms with Crippen molar-refractivity contribution in [2.45, 2.75) is 52.0 Å². The lowest BCUT2D eigenvalue weighted by molar-refractivity contribution is -0.132. The lowest BCUT2D eigenvalue weighted by atomic mass is 10.0. The van der Waals surface area contributed by atoms with E-state index in [9.17, 15) is 4.79 Å². The summed E-state index contributed by atoms with van der Waals surface area (Å²) in [5.74, 6) is 2.05. The van der Waals surface area contributed by atoms with E-state index in [1.807, 2.05) is 37.3 Å². The highest BCUT2D eigenvalue weighted by atomic mass is 16.5. The second kappa shape index (κ2) is 10.2. The number of amides is 1. The summed E-state index contributed by atoms with van der Waals surface area (Å²) in [7, 11) is 0. The van der Waals surface area contributed by atoms with Gasteiger partial charge in [0, 0.05) is 13.0 Å². The Morgan fingerprint density at radius 3 is 2.64 bits per heavy atom. The van der Waals surface area contributed by atoms with Crippen LogP contribution in [-0.4, -0.2) is 30.6 Å². The molecule has 1 fully saturated rings. The fourth-order valence-corrected chi connectivity index (χ4v) is 3.78. The van der Waals surface area contributed by atoms with Gasteiger partial charge in [-0.05, 0) is 74.9 Å². The maximum Gasteiger partial charge on any atom is 0.223 e. The quantitative estimate of drug-likeness (QED) is 0.553. The number of rotatable bonds is 9. The maximum atomic E-state index is 12.7. The Kier molecular flexibility index (Phi) is 7.35. The van der Waals surface area contributed by atoms with Gasteiger partial charge >= 0.3 is 0 Å². The molecule has 1 atom stereocenters. The second-order valence-electron chi connectivity index (χ2n) is 7.37. The third kappa shape index (κ3) is 5.51. The summed E-state index contributed by atoms with van der Waals surface area (Å²) in [6.07, 6.45) is 4.44. The Morgan fingerprint density at radius 2 is 1.89 bits per heavy atom. The predicted molar refractivity (Wildman–Crippen MR) is 112 cm³/mol. The molecule has 2 aromatic rings. The van der Waals surface area contributed by atoms with Crippen LogP contribution in [0, 0.1) is 6.92 Å². The maximum absolute atomic E-state index is 12.7. The summed E-state index contributed by atoms with van der Waals surface area (Å²) in [6, 6.07) is 16.5. The Hall–Kier alpha value is -2.49. The minimum absolute atomic E-state index is 0.201. The molecular formula is C24H31NO3. The number of carbonyl (C=O) groups excluding carboxylic acids is 1. The van der Waals surface area contributed by atoms with Gasteiger partial charge in [-0.15, -0.1) is 0 Å². The molecule has 0 spiro atoms. The van der Waals surface area contributed by atoms with E-state index in [0.29, 0.717) is 19.6 Å². The van der Waals surface area contributed by atoms with Gasteiger partial charge in [-0.3, -0.25) is 4.79 Å². The topological polar surface area (TPSA) is 38.8 Å². The van der Waals surface area contributed by atoms with E-state index in [2.05, 4.69) is 30.0 Å². The molecule has 1 heterocycles. The number of hydrogen-bond donors (Lipinski definition) is 0. The molecule has 28 heavy (non-hydrogen) atoms. The summed E-state index contributed by atoms with van der Waals surface area (Å²) in [6.45, 7) is 6.22. The molecule has 1 unspecified atom stereocenters. The molecule has 0 N–H and O–H groups in total. The highest BCUT2D eigenvalue weighted by Crippen LogP contribution is 2.33. The molecule has 2 aromatic carbocycles. The fraction of sp³-hybridized carbons (Fsp3) is 0.458. The van der Waals surface area contributed by atoms with Crippen LogP contribution in [0.4, 0.5) is 0 Å². The van der Waals surface area contributed by atoms with Crippen molar-refractivity contribution in [3.8, 4) is 11.5 Å². The first-order valence-electron chi connectivity index (χ1n) is 10.4. The molecule has 1 amide bonds. The molecule has 1 saturated heterocycles. The minimum atomic E-state index is 0.201. The largest absolute Gasteiger partial charge is 0.494 e. The molecule has 1 aliphatic rings. The molecule has 4 heteroatoms. The molecule has 0 bridgehead atoms. The third-order valence-corrected chi connectivity index (χ3v) is 5.19. The highest BCUT2D eigenvalue weighted by Gasteiger charge is 2.29. The van der Waals surface area contributed by atoms with Crippen molar-refractivity contribution in [2.75, 3.05) is 19.8 Å². The summed E-state index contributed by atoms with van der Waals surface area (Å²) in [5, 5.41) is 0. The van der Waals surface area contributed by atoms with Gasteiger partial charge in [0.25, 0.3) is 0 Å². The van der Waals surface area contributed by atoms with Gasteiger partial charge in [0.2, 0.25) is 5.91 Å². The number of ether oxygens (including phenoxy) is 2.